The lowest BCUT2D eigenvalue weighted by Crippen LogP contribution is -2.45. The van der Waals surface area contributed by atoms with Crippen molar-refractivity contribution in [3.05, 3.63) is 48.4 Å². The predicted octanol–water partition coefficient (Wildman–Crippen LogP) is 4.21. The molecule has 0 N–H and O–H groups in total. The van der Waals surface area contributed by atoms with E-state index in [1.54, 1.807) is 12.4 Å². The third-order valence-corrected chi connectivity index (χ3v) is 5.34. The van der Waals surface area contributed by atoms with Crippen LogP contribution in [0.15, 0.2) is 41.3 Å². The maximum Gasteiger partial charge on any atom is 0.290 e. The van der Waals surface area contributed by atoms with E-state index in [1.165, 1.54) is 19.3 Å². The summed E-state index contributed by atoms with van der Waals surface area (Å²) in [5.41, 5.74) is 1.73. The fourth-order valence-electron chi connectivity index (χ4n) is 4.04. The van der Waals surface area contributed by atoms with E-state index < -0.39 is 0 Å². The van der Waals surface area contributed by atoms with Gasteiger partial charge in [0.2, 0.25) is 0 Å². The Hall–Kier alpha value is -2.63. The SMILES string of the molecule is CC(C)N(C(=O)c1ccc(Cn2ccc3ncnc-3c2)o1)C1CCCCC1. The molecule has 1 aliphatic carbocycles. The minimum absolute atomic E-state index is 0.00510. The number of nitrogens with zero attached hydrogens (tertiary/aromatic N) is 4. The van der Waals surface area contributed by atoms with Crippen LogP contribution in [0.4, 0.5) is 0 Å². The van der Waals surface area contributed by atoms with Gasteiger partial charge in [-0.05, 0) is 44.9 Å². The molecule has 2 aliphatic heterocycles. The van der Waals surface area contributed by atoms with Crippen LogP contribution in [-0.2, 0) is 6.54 Å². The van der Waals surface area contributed by atoms with Crippen LogP contribution < -0.4 is 0 Å². The molecular formula is C21H26N4O2. The van der Waals surface area contributed by atoms with Crippen molar-refractivity contribution in [3.63, 3.8) is 0 Å². The van der Waals surface area contributed by atoms with Crippen LogP contribution in [0.2, 0.25) is 0 Å². The number of carbonyl (C=O) groups excluding carboxylic acids is 1. The number of carbonyl (C=O) groups is 1. The smallest absolute Gasteiger partial charge is 0.290 e. The molecule has 0 aromatic carbocycles. The van der Waals surface area contributed by atoms with Gasteiger partial charge >= 0.3 is 0 Å². The minimum atomic E-state index is 0.00510. The average Bonchev–Trinajstić information content (AvgIpc) is 3.31. The van der Waals surface area contributed by atoms with Crippen LogP contribution in [0.25, 0.3) is 11.4 Å². The second kappa shape index (κ2) is 7.55. The van der Waals surface area contributed by atoms with Gasteiger partial charge in [-0.3, -0.25) is 4.79 Å². The summed E-state index contributed by atoms with van der Waals surface area (Å²) in [7, 11) is 0. The summed E-state index contributed by atoms with van der Waals surface area (Å²) in [6, 6.07) is 6.12. The van der Waals surface area contributed by atoms with E-state index in [2.05, 4.69) is 23.8 Å². The number of pyridine rings is 1. The average molecular weight is 366 g/mol. The summed E-state index contributed by atoms with van der Waals surface area (Å²) >= 11 is 0. The van der Waals surface area contributed by atoms with Crippen LogP contribution >= 0.6 is 0 Å². The zero-order valence-electron chi connectivity index (χ0n) is 16.0. The fraction of sp³-hybridized carbons (Fsp3) is 0.476. The highest BCUT2D eigenvalue weighted by atomic mass is 16.4. The van der Waals surface area contributed by atoms with E-state index in [1.807, 2.05) is 34.0 Å². The summed E-state index contributed by atoms with van der Waals surface area (Å²) in [6.45, 7) is 4.73. The maximum absolute atomic E-state index is 13.1. The van der Waals surface area contributed by atoms with E-state index in [9.17, 15) is 4.79 Å². The Balaban J connectivity index is 1.50. The van der Waals surface area contributed by atoms with Crippen molar-refractivity contribution in [1.29, 1.82) is 0 Å². The number of amides is 1. The molecule has 0 atom stereocenters. The molecule has 6 heteroatoms. The summed E-state index contributed by atoms with van der Waals surface area (Å²) in [5.74, 6) is 1.19. The van der Waals surface area contributed by atoms with Gasteiger partial charge in [-0.25, -0.2) is 9.97 Å². The lowest BCUT2D eigenvalue weighted by molar-refractivity contribution is 0.0521. The lowest BCUT2D eigenvalue weighted by atomic mass is 9.93. The van der Waals surface area contributed by atoms with E-state index in [0.29, 0.717) is 18.3 Å². The molecule has 4 rings (SSSR count). The van der Waals surface area contributed by atoms with Crippen LogP contribution in [-0.4, -0.2) is 37.4 Å². The normalized spacial score (nSPS) is 15.5. The Kier molecular flexibility index (Phi) is 4.97. The monoisotopic (exact) mass is 366 g/mol. The second-order valence-electron chi connectivity index (χ2n) is 7.63. The summed E-state index contributed by atoms with van der Waals surface area (Å²) in [4.78, 5) is 23.5. The largest absolute Gasteiger partial charge is 0.454 e. The van der Waals surface area contributed by atoms with Crippen molar-refractivity contribution in [2.75, 3.05) is 0 Å². The quantitative estimate of drug-likeness (QED) is 0.678. The van der Waals surface area contributed by atoms with Crippen LogP contribution in [0, 0.1) is 0 Å². The molecule has 1 fully saturated rings. The van der Waals surface area contributed by atoms with E-state index >= 15 is 0 Å². The number of hydrogen-bond donors (Lipinski definition) is 0. The van der Waals surface area contributed by atoms with Crippen LogP contribution in [0.3, 0.4) is 0 Å². The van der Waals surface area contributed by atoms with E-state index in [-0.39, 0.29) is 11.9 Å². The Labute approximate surface area is 159 Å². The molecular weight excluding hydrogens is 340 g/mol. The predicted molar refractivity (Wildman–Crippen MR) is 103 cm³/mol. The molecule has 3 aliphatic rings. The Morgan fingerprint density at radius 3 is 2.74 bits per heavy atom. The molecule has 142 valence electrons. The van der Waals surface area contributed by atoms with Crippen molar-refractivity contribution in [2.24, 2.45) is 0 Å². The molecule has 0 radical (unpaired) electrons. The number of rotatable bonds is 5. The second-order valence-corrected chi connectivity index (χ2v) is 7.63. The van der Waals surface area contributed by atoms with Gasteiger partial charge in [0.05, 0.1) is 12.2 Å². The molecule has 0 spiro atoms. The highest BCUT2D eigenvalue weighted by Gasteiger charge is 2.30. The molecule has 6 nitrogen and oxygen atoms in total. The first-order chi connectivity index (χ1) is 13.1. The van der Waals surface area contributed by atoms with Crippen molar-refractivity contribution < 1.29 is 9.21 Å². The van der Waals surface area contributed by atoms with Gasteiger partial charge in [0.25, 0.3) is 5.91 Å². The molecule has 0 saturated heterocycles. The lowest BCUT2D eigenvalue weighted by Gasteiger charge is -2.36. The number of fused-ring (bicyclic) bond motifs is 1. The molecule has 27 heavy (non-hydrogen) atoms. The van der Waals surface area contributed by atoms with Gasteiger partial charge in [0.15, 0.2) is 5.76 Å². The molecule has 0 unspecified atom stereocenters. The standard InChI is InChI=1S/C21H26N4O2/c1-15(2)25(16-6-4-3-5-7-16)21(26)20-9-8-17(27-20)12-24-11-10-18-19(13-24)23-14-22-18/h8-11,13-16H,3-7,12H2,1-2H3. The van der Waals surface area contributed by atoms with Gasteiger partial charge in [-0.2, -0.15) is 0 Å². The first kappa shape index (κ1) is 17.8. The summed E-state index contributed by atoms with van der Waals surface area (Å²) in [5, 5.41) is 0. The highest BCUT2D eigenvalue weighted by Crippen LogP contribution is 2.26. The Bertz CT molecular complexity index is 876. The fourth-order valence-corrected chi connectivity index (χ4v) is 4.04. The molecule has 0 bridgehead atoms. The first-order valence-electron chi connectivity index (χ1n) is 9.79. The Morgan fingerprint density at radius 2 is 1.96 bits per heavy atom. The topological polar surface area (TPSA) is 64.2 Å². The minimum Gasteiger partial charge on any atom is -0.454 e. The summed E-state index contributed by atoms with van der Waals surface area (Å²) < 4.78 is 7.91. The number of hydrogen-bond acceptors (Lipinski definition) is 4. The van der Waals surface area contributed by atoms with Crippen LogP contribution in [0.1, 0.15) is 62.3 Å². The third kappa shape index (κ3) is 3.75. The zero-order chi connectivity index (χ0) is 18.8. The van der Waals surface area contributed by atoms with Gasteiger partial charge in [0.1, 0.15) is 17.8 Å². The van der Waals surface area contributed by atoms with Gasteiger partial charge in [-0.15, -0.1) is 0 Å². The van der Waals surface area contributed by atoms with Gasteiger partial charge in [-0.1, -0.05) is 19.3 Å². The maximum atomic E-state index is 13.1. The van der Waals surface area contributed by atoms with Gasteiger partial charge < -0.3 is 13.9 Å². The molecule has 1 saturated carbocycles. The molecule has 1 aromatic rings. The summed E-state index contributed by atoms with van der Waals surface area (Å²) in [6.07, 6.45) is 11.3. The number of furan rings is 1. The number of aromatic nitrogens is 3. The number of imidazole rings is 1. The van der Waals surface area contributed by atoms with Crippen molar-refractivity contribution in [2.45, 2.75) is 64.6 Å². The Morgan fingerprint density at radius 1 is 1.19 bits per heavy atom. The van der Waals surface area contributed by atoms with Gasteiger partial charge in [0, 0.05) is 24.5 Å². The van der Waals surface area contributed by atoms with E-state index in [4.69, 9.17) is 4.42 Å². The highest BCUT2D eigenvalue weighted by molar-refractivity contribution is 5.92. The van der Waals surface area contributed by atoms with Crippen molar-refractivity contribution in [3.8, 4) is 11.4 Å². The van der Waals surface area contributed by atoms with Crippen LogP contribution in [0.5, 0.6) is 0 Å². The molecule has 1 amide bonds. The zero-order valence-corrected chi connectivity index (χ0v) is 16.0. The van der Waals surface area contributed by atoms with Crippen molar-refractivity contribution in [1.82, 2.24) is 19.4 Å². The first-order valence-corrected chi connectivity index (χ1v) is 9.79. The molecule has 3 heterocycles. The van der Waals surface area contributed by atoms with E-state index in [0.717, 1.165) is 30.0 Å². The van der Waals surface area contributed by atoms with Crippen molar-refractivity contribution >= 4 is 5.91 Å². The third-order valence-electron chi connectivity index (χ3n) is 5.34. The molecule has 1 aromatic heterocycles.